The molecule has 0 heterocycles. The van der Waals surface area contributed by atoms with Gasteiger partial charge in [-0.2, -0.15) is 13.2 Å². The fraction of sp³-hybridized carbons (Fsp3) is 0.500. The largest absolute Gasteiger partial charge is 0.402 e. The second-order valence-corrected chi connectivity index (χ2v) is 2.64. The summed E-state index contributed by atoms with van der Waals surface area (Å²) in [4.78, 5) is 0. The van der Waals surface area contributed by atoms with E-state index in [4.69, 9.17) is 34.8 Å². The molecule has 0 bridgehead atoms. The molecule has 0 aromatic heterocycles. The molecule has 0 aliphatic heterocycles. The van der Waals surface area contributed by atoms with E-state index < -0.39 is 12.1 Å². The molecule has 0 aromatic carbocycles. The summed E-state index contributed by atoms with van der Waals surface area (Å²) in [5, 5.41) is 0. The van der Waals surface area contributed by atoms with Gasteiger partial charge in [0.25, 0.3) is 0 Å². The third-order valence-electron chi connectivity index (χ3n) is 0.234. The average Bonchev–Trinajstić information content (AvgIpc) is 1.88. The van der Waals surface area contributed by atoms with Crippen LogP contribution >= 0.6 is 46.4 Å². The summed E-state index contributed by atoms with van der Waals surface area (Å²) in [5.74, 6) is -1.26. The molecule has 0 aromatic rings. The Morgan fingerprint density at radius 2 is 1.45 bits per heavy atom. The Bertz CT molecular complexity index is 115. The van der Waals surface area contributed by atoms with E-state index in [9.17, 15) is 13.2 Å². The molecule has 0 aliphatic rings. The lowest BCUT2D eigenvalue weighted by atomic mass is 10.8. The molecule has 0 spiro atoms. The summed E-state index contributed by atoms with van der Waals surface area (Å²) >= 11 is 19.2. The van der Waals surface area contributed by atoms with Crippen LogP contribution in [-0.4, -0.2) is 12.1 Å². The number of hydrogen-bond donors (Lipinski definition) is 0. The van der Waals surface area contributed by atoms with E-state index in [2.05, 4.69) is 11.6 Å². The van der Waals surface area contributed by atoms with Crippen molar-refractivity contribution in [1.29, 1.82) is 0 Å². The van der Waals surface area contributed by atoms with Crippen LogP contribution in [0, 0.1) is 0 Å². The lowest BCUT2D eigenvalue weighted by Gasteiger charge is -1.94. The Labute approximate surface area is 81.9 Å². The quantitative estimate of drug-likeness (QED) is 0.562. The monoisotopic (exact) mass is 248 g/mol. The fourth-order valence-corrected chi connectivity index (χ4v) is 0. The van der Waals surface area contributed by atoms with Gasteiger partial charge < -0.3 is 0 Å². The first-order chi connectivity index (χ1) is 4.83. The van der Waals surface area contributed by atoms with Crippen LogP contribution in [0.3, 0.4) is 0 Å². The van der Waals surface area contributed by atoms with Gasteiger partial charge in [0.1, 0.15) is 10.4 Å². The van der Waals surface area contributed by atoms with Crippen molar-refractivity contribution >= 4 is 46.4 Å². The second-order valence-electron chi connectivity index (χ2n) is 1.15. The summed E-state index contributed by atoms with van der Waals surface area (Å²) < 4.78 is 32.0. The highest BCUT2D eigenvalue weighted by Crippen LogP contribution is 2.14. The minimum absolute atomic E-state index is 0.0895. The Morgan fingerprint density at radius 3 is 1.45 bits per heavy atom. The van der Waals surface area contributed by atoms with E-state index in [0.717, 1.165) is 5.54 Å². The zero-order valence-corrected chi connectivity index (χ0v) is 7.95. The van der Waals surface area contributed by atoms with Gasteiger partial charge >= 0.3 is 6.18 Å². The van der Waals surface area contributed by atoms with E-state index in [1.54, 1.807) is 0 Å². The first-order valence-electron chi connectivity index (χ1n) is 2.07. The Kier molecular flexibility index (Phi) is 9.50. The molecule has 68 valence electrons. The molecular formula is C4H3Cl4F3. The predicted molar refractivity (Wildman–Crippen MR) is 42.4 cm³/mol. The Morgan fingerprint density at radius 1 is 1.27 bits per heavy atom. The number of alkyl halides is 4. The molecule has 0 radical (unpaired) electrons. The van der Waals surface area contributed by atoms with Gasteiger partial charge in [0, 0.05) is 5.54 Å². The lowest BCUT2D eigenvalue weighted by Crippen LogP contribution is -2.07. The smallest absolute Gasteiger partial charge is 0.170 e. The van der Waals surface area contributed by atoms with Gasteiger partial charge in [0.2, 0.25) is 0 Å². The maximum absolute atomic E-state index is 10.7. The van der Waals surface area contributed by atoms with E-state index in [1.165, 1.54) is 0 Å². The van der Waals surface area contributed by atoms with Crippen molar-refractivity contribution in [3.05, 3.63) is 10.0 Å². The number of hydrogen-bond acceptors (Lipinski definition) is 0. The highest BCUT2D eigenvalue weighted by Gasteiger charge is 2.24. The molecule has 0 saturated carbocycles. The van der Waals surface area contributed by atoms with Crippen LogP contribution in [0.5, 0.6) is 0 Å². The second kappa shape index (κ2) is 7.35. The van der Waals surface area contributed by atoms with Crippen LogP contribution < -0.4 is 0 Å². The summed E-state index contributed by atoms with van der Waals surface area (Å²) in [5.41, 5.74) is 1.09. The zero-order chi connectivity index (χ0) is 9.49. The molecule has 0 nitrogen and oxygen atoms in total. The van der Waals surface area contributed by atoms with Crippen molar-refractivity contribution < 1.29 is 13.2 Å². The summed E-state index contributed by atoms with van der Waals surface area (Å²) in [6.45, 7) is 0. The highest BCUT2D eigenvalue weighted by atomic mass is 35.5. The Hall–Kier alpha value is 0.690. The first kappa shape index (κ1) is 14.2. The summed E-state index contributed by atoms with van der Waals surface area (Å²) in [7, 11) is 0. The lowest BCUT2D eigenvalue weighted by molar-refractivity contribution is -0.106. The Balaban J connectivity index is 0. The van der Waals surface area contributed by atoms with E-state index in [-0.39, 0.29) is 4.49 Å². The molecule has 0 unspecified atom stereocenters. The van der Waals surface area contributed by atoms with Gasteiger partial charge in [-0.1, -0.05) is 34.8 Å². The topological polar surface area (TPSA) is 0 Å². The average molecular weight is 250 g/mol. The minimum Gasteiger partial charge on any atom is -0.170 e. The molecule has 0 atom stereocenters. The molecule has 0 N–H and O–H groups in total. The predicted octanol–water partition coefficient (Wildman–Crippen LogP) is 4.29. The third-order valence-corrected chi connectivity index (χ3v) is 1.20. The number of halogens is 7. The standard InChI is InChI=1S/C2HCl3.C2H2ClF3/c3-1-2(4)5;3-1-2(4,5)6/h1H;1H2. The number of rotatable bonds is 0. The first-order valence-corrected chi connectivity index (χ1v) is 3.80. The van der Waals surface area contributed by atoms with Crippen LogP contribution in [0.2, 0.25) is 0 Å². The van der Waals surface area contributed by atoms with Crippen LogP contribution in [0.25, 0.3) is 0 Å². The molecule has 0 amide bonds. The summed E-state index contributed by atoms with van der Waals surface area (Å²) in [6.07, 6.45) is -4.19. The maximum Gasteiger partial charge on any atom is 0.402 e. The van der Waals surface area contributed by atoms with E-state index in [1.807, 2.05) is 0 Å². The fourth-order valence-electron chi connectivity index (χ4n) is 0. The van der Waals surface area contributed by atoms with Crippen molar-refractivity contribution in [2.75, 3.05) is 5.88 Å². The van der Waals surface area contributed by atoms with Gasteiger partial charge in [0.05, 0.1) is 0 Å². The van der Waals surface area contributed by atoms with Crippen LogP contribution in [0.15, 0.2) is 10.0 Å². The van der Waals surface area contributed by atoms with Crippen molar-refractivity contribution in [3.8, 4) is 0 Å². The summed E-state index contributed by atoms with van der Waals surface area (Å²) in [6, 6.07) is 0. The third kappa shape index (κ3) is 24.9. The molecular weight excluding hydrogens is 247 g/mol. The van der Waals surface area contributed by atoms with E-state index >= 15 is 0 Å². The van der Waals surface area contributed by atoms with Crippen LogP contribution in [0.4, 0.5) is 13.2 Å². The molecule has 0 fully saturated rings. The van der Waals surface area contributed by atoms with Gasteiger partial charge in [-0.05, 0) is 0 Å². The normalized spacial score (nSPS) is 9.73. The molecule has 7 heteroatoms. The van der Waals surface area contributed by atoms with Gasteiger partial charge in [0.15, 0.2) is 0 Å². The van der Waals surface area contributed by atoms with Crippen molar-refractivity contribution in [3.63, 3.8) is 0 Å². The van der Waals surface area contributed by atoms with Crippen molar-refractivity contribution in [2.24, 2.45) is 0 Å². The molecule has 0 saturated heterocycles. The van der Waals surface area contributed by atoms with Gasteiger partial charge in [-0.3, -0.25) is 0 Å². The van der Waals surface area contributed by atoms with Gasteiger partial charge in [-0.15, -0.1) is 11.6 Å². The minimum atomic E-state index is -4.19. The van der Waals surface area contributed by atoms with Gasteiger partial charge in [-0.25, -0.2) is 0 Å². The highest BCUT2D eigenvalue weighted by molar-refractivity contribution is 6.58. The maximum atomic E-state index is 10.7. The van der Waals surface area contributed by atoms with Crippen LogP contribution in [-0.2, 0) is 0 Å². The molecule has 0 rings (SSSR count). The SMILES string of the molecule is ClC=C(Cl)Cl.FC(F)(F)CCl. The molecule has 11 heavy (non-hydrogen) atoms. The zero-order valence-electron chi connectivity index (χ0n) is 4.93. The van der Waals surface area contributed by atoms with Crippen molar-refractivity contribution in [1.82, 2.24) is 0 Å². The van der Waals surface area contributed by atoms with Crippen LogP contribution in [0.1, 0.15) is 0 Å². The molecule has 0 aliphatic carbocycles. The van der Waals surface area contributed by atoms with E-state index in [0.29, 0.717) is 0 Å². The van der Waals surface area contributed by atoms with Crippen molar-refractivity contribution in [2.45, 2.75) is 6.18 Å².